The van der Waals surface area contributed by atoms with Crippen LogP contribution in [-0.4, -0.2) is 72.3 Å². The first-order valence-corrected chi connectivity index (χ1v) is 11.7. The molecule has 37 heavy (non-hydrogen) atoms. The van der Waals surface area contributed by atoms with Gasteiger partial charge in [-0.1, -0.05) is 0 Å². The van der Waals surface area contributed by atoms with E-state index < -0.39 is 37.2 Å². The fourth-order valence-corrected chi connectivity index (χ4v) is 4.21. The Hall–Kier alpha value is -3.25. The quantitative estimate of drug-likeness (QED) is 0.269. The van der Waals surface area contributed by atoms with Gasteiger partial charge in [0.05, 0.1) is 37.1 Å². The number of aryl methyl sites for hydroxylation is 1. The van der Waals surface area contributed by atoms with Crippen LogP contribution in [0, 0.1) is 6.92 Å². The Morgan fingerprint density at radius 1 is 1.19 bits per heavy atom. The number of aromatic nitrogens is 2. The Bertz CT molecular complexity index is 1240. The number of fused-ring (bicyclic) bond motifs is 1. The van der Waals surface area contributed by atoms with Crippen molar-refractivity contribution >= 4 is 11.4 Å². The highest BCUT2D eigenvalue weighted by Crippen LogP contribution is 2.34. The number of benzene rings is 1. The molecule has 0 radical (unpaired) electrons. The molecular weight excluding hydrogens is 501 g/mol. The van der Waals surface area contributed by atoms with Crippen LogP contribution in [0.2, 0.25) is 0 Å². The minimum absolute atomic E-state index is 0.221. The predicted octanol–water partition coefficient (Wildman–Crippen LogP) is 5.15. The van der Waals surface area contributed by atoms with Gasteiger partial charge in [-0.15, -0.1) is 0 Å². The molecule has 0 bridgehead atoms. The number of ketones is 1. The van der Waals surface area contributed by atoms with E-state index in [1.165, 1.54) is 25.3 Å². The normalized spacial score (nSPS) is 14.9. The highest BCUT2D eigenvalue weighted by Gasteiger charge is 2.30. The molecule has 0 unspecified atom stereocenters. The number of alkyl halides is 5. The Labute approximate surface area is 209 Å². The molecule has 1 aliphatic rings. The monoisotopic (exact) mass is 527 g/mol. The van der Waals surface area contributed by atoms with Crippen molar-refractivity contribution in [3.05, 3.63) is 47.8 Å². The van der Waals surface area contributed by atoms with Gasteiger partial charge in [-0.2, -0.15) is 22.0 Å². The van der Waals surface area contributed by atoms with Crippen LogP contribution in [0.15, 0.2) is 36.7 Å². The van der Waals surface area contributed by atoms with Crippen molar-refractivity contribution in [1.29, 1.82) is 0 Å². The summed E-state index contributed by atoms with van der Waals surface area (Å²) < 4.78 is 81.4. The Kier molecular flexibility index (Phi) is 8.28. The van der Waals surface area contributed by atoms with Crippen molar-refractivity contribution in [2.45, 2.75) is 32.6 Å². The molecule has 1 fully saturated rings. The lowest BCUT2D eigenvalue weighted by Gasteiger charge is -2.26. The van der Waals surface area contributed by atoms with Crippen LogP contribution in [0.25, 0.3) is 16.9 Å². The number of pyridine rings is 1. The third-order valence-corrected chi connectivity index (χ3v) is 5.99. The van der Waals surface area contributed by atoms with E-state index in [0.717, 1.165) is 19.6 Å². The molecule has 12 heteroatoms. The van der Waals surface area contributed by atoms with Gasteiger partial charge in [-0.3, -0.25) is 14.1 Å². The number of hydrogen-bond acceptors (Lipinski definition) is 6. The molecule has 3 heterocycles. The average molecular weight is 527 g/mol. The summed E-state index contributed by atoms with van der Waals surface area (Å²) in [6.07, 6.45) is -3.53. The van der Waals surface area contributed by atoms with Crippen molar-refractivity contribution in [3.8, 4) is 22.8 Å². The smallest absolute Gasteiger partial charge is 0.389 e. The molecular formula is C25H26F5N3O4. The SMILES string of the molecule is Cc1cc(-c2cnc3cc(OCCN4CCOCC4)ccn23)cc(OC(F)F)c1C(=O)CCC(F)(F)F. The zero-order valence-electron chi connectivity index (χ0n) is 20.1. The molecule has 0 N–H and O–H groups in total. The van der Waals surface area contributed by atoms with Crippen LogP contribution in [0.5, 0.6) is 11.5 Å². The lowest BCUT2D eigenvalue weighted by Crippen LogP contribution is -2.38. The maximum absolute atomic E-state index is 13.1. The first-order valence-electron chi connectivity index (χ1n) is 11.7. The van der Waals surface area contributed by atoms with Gasteiger partial charge in [0.25, 0.3) is 0 Å². The van der Waals surface area contributed by atoms with Gasteiger partial charge in [0.2, 0.25) is 0 Å². The largest absolute Gasteiger partial charge is 0.492 e. The van der Waals surface area contributed by atoms with E-state index in [9.17, 15) is 26.7 Å². The fraction of sp³-hybridized carbons (Fsp3) is 0.440. The van der Waals surface area contributed by atoms with E-state index in [1.54, 1.807) is 22.7 Å². The Balaban J connectivity index is 1.55. The maximum atomic E-state index is 13.1. The average Bonchev–Trinajstić information content (AvgIpc) is 3.25. The molecule has 0 aliphatic carbocycles. The number of nitrogens with zero attached hydrogens (tertiary/aromatic N) is 3. The molecule has 200 valence electrons. The minimum atomic E-state index is -4.55. The maximum Gasteiger partial charge on any atom is 0.389 e. The lowest BCUT2D eigenvalue weighted by molar-refractivity contribution is -0.133. The van der Waals surface area contributed by atoms with Crippen LogP contribution in [0.4, 0.5) is 22.0 Å². The minimum Gasteiger partial charge on any atom is -0.492 e. The summed E-state index contributed by atoms with van der Waals surface area (Å²) in [5, 5.41) is 0. The van der Waals surface area contributed by atoms with E-state index in [-0.39, 0.29) is 11.1 Å². The first kappa shape index (κ1) is 26.8. The summed E-state index contributed by atoms with van der Waals surface area (Å²) in [4.78, 5) is 19.1. The third-order valence-electron chi connectivity index (χ3n) is 5.99. The molecule has 0 amide bonds. The number of rotatable bonds is 10. The molecule has 7 nitrogen and oxygen atoms in total. The lowest BCUT2D eigenvalue weighted by atomic mass is 9.96. The van der Waals surface area contributed by atoms with Crippen LogP contribution < -0.4 is 9.47 Å². The van der Waals surface area contributed by atoms with Crippen molar-refractivity contribution in [2.24, 2.45) is 0 Å². The van der Waals surface area contributed by atoms with Crippen molar-refractivity contribution in [1.82, 2.24) is 14.3 Å². The van der Waals surface area contributed by atoms with E-state index >= 15 is 0 Å². The van der Waals surface area contributed by atoms with E-state index in [4.69, 9.17) is 9.47 Å². The van der Waals surface area contributed by atoms with Gasteiger partial charge in [-0.25, -0.2) is 4.98 Å². The standard InChI is InChI=1S/C25H26F5N3O4/c1-16-12-17(13-21(37-24(26)27)23(16)20(34)2-4-25(28,29)30)19-15-31-22-14-18(3-5-33(19)22)36-11-8-32-6-9-35-10-7-32/h3,5,12-15,24H,2,4,6-11H2,1H3. The van der Waals surface area contributed by atoms with Crippen LogP contribution in [0.3, 0.4) is 0 Å². The number of halogens is 5. The van der Waals surface area contributed by atoms with E-state index in [1.807, 2.05) is 0 Å². The third kappa shape index (κ3) is 6.95. The predicted molar refractivity (Wildman–Crippen MR) is 124 cm³/mol. The van der Waals surface area contributed by atoms with E-state index in [0.29, 0.717) is 42.5 Å². The summed E-state index contributed by atoms with van der Waals surface area (Å²) in [6.45, 7) is 2.57. The van der Waals surface area contributed by atoms with E-state index in [2.05, 4.69) is 14.6 Å². The second-order valence-corrected chi connectivity index (χ2v) is 8.62. The summed E-state index contributed by atoms with van der Waals surface area (Å²) in [5.74, 6) is -0.786. The van der Waals surface area contributed by atoms with Crippen molar-refractivity contribution in [3.63, 3.8) is 0 Å². The Morgan fingerprint density at radius 3 is 2.65 bits per heavy atom. The number of ether oxygens (including phenoxy) is 3. The van der Waals surface area contributed by atoms with Gasteiger partial charge in [0.15, 0.2) is 5.78 Å². The number of carbonyl (C=O) groups is 1. The number of Topliss-reactive ketones (excluding diaryl/α,β-unsaturated/α-hetero) is 1. The fourth-order valence-electron chi connectivity index (χ4n) is 4.21. The molecule has 2 aromatic heterocycles. The van der Waals surface area contributed by atoms with Gasteiger partial charge >= 0.3 is 12.8 Å². The zero-order valence-corrected chi connectivity index (χ0v) is 20.1. The molecule has 0 saturated carbocycles. The van der Waals surface area contributed by atoms with Crippen LogP contribution >= 0.6 is 0 Å². The zero-order chi connectivity index (χ0) is 26.6. The number of hydrogen-bond donors (Lipinski definition) is 0. The van der Waals surface area contributed by atoms with Gasteiger partial charge in [0, 0.05) is 43.9 Å². The van der Waals surface area contributed by atoms with Gasteiger partial charge in [0.1, 0.15) is 23.8 Å². The van der Waals surface area contributed by atoms with Gasteiger partial charge in [-0.05, 0) is 30.7 Å². The number of morpholine rings is 1. The first-order chi connectivity index (χ1) is 17.6. The number of carbonyl (C=O) groups excluding carboxylic acids is 1. The highest BCUT2D eigenvalue weighted by molar-refractivity contribution is 6.00. The molecule has 3 aromatic rings. The molecule has 1 aromatic carbocycles. The van der Waals surface area contributed by atoms with Gasteiger partial charge < -0.3 is 14.2 Å². The van der Waals surface area contributed by atoms with Crippen LogP contribution in [0.1, 0.15) is 28.8 Å². The van der Waals surface area contributed by atoms with Crippen molar-refractivity contribution in [2.75, 3.05) is 39.5 Å². The second kappa shape index (κ2) is 11.4. The molecule has 0 spiro atoms. The van der Waals surface area contributed by atoms with Crippen molar-refractivity contribution < 1.29 is 41.0 Å². The second-order valence-electron chi connectivity index (χ2n) is 8.62. The molecule has 4 rings (SSSR count). The van der Waals surface area contributed by atoms with Crippen LogP contribution in [-0.2, 0) is 4.74 Å². The number of imidazole rings is 1. The summed E-state index contributed by atoms with van der Waals surface area (Å²) >= 11 is 0. The Morgan fingerprint density at radius 2 is 1.95 bits per heavy atom. The molecule has 1 saturated heterocycles. The summed E-state index contributed by atoms with van der Waals surface area (Å²) in [7, 11) is 0. The molecule has 0 atom stereocenters. The highest BCUT2D eigenvalue weighted by atomic mass is 19.4. The summed E-state index contributed by atoms with van der Waals surface area (Å²) in [6, 6.07) is 6.24. The molecule has 1 aliphatic heterocycles. The topological polar surface area (TPSA) is 65.3 Å². The summed E-state index contributed by atoms with van der Waals surface area (Å²) in [5.41, 5.74) is 1.40.